The highest BCUT2D eigenvalue weighted by Gasteiger charge is 2.31. The lowest BCUT2D eigenvalue weighted by molar-refractivity contribution is -0.0341. The van der Waals surface area contributed by atoms with Gasteiger partial charge in [0.15, 0.2) is 0 Å². The summed E-state index contributed by atoms with van der Waals surface area (Å²) in [5.74, 6) is 0.390. The lowest BCUT2D eigenvalue weighted by Gasteiger charge is -2.24. The molecule has 0 amide bonds. The Morgan fingerprint density at radius 1 is 0.727 bits per heavy atom. The third-order valence-electron chi connectivity index (χ3n) is 5.04. The molecule has 1 aromatic rings. The summed E-state index contributed by atoms with van der Waals surface area (Å²) in [7, 11) is -5.05. The zero-order valence-corrected chi connectivity index (χ0v) is 22.4. The van der Waals surface area contributed by atoms with Gasteiger partial charge in [-0.05, 0) is 17.4 Å². The molecule has 11 heteroatoms. The number of hydrogen-bond donors (Lipinski definition) is 0. The van der Waals surface area contributed by atoms with Crippen molar-refractivity contribution < 1.29 is 41.0 Å². The number of phosphoric acid groups is 2. The first-order valence-corrected chi connectivity index (χ1v) is 14.2. The highest BCUT2D eigenvalue weighted by atomic mass is 31.2. The van der Waals surface area contributed by atoms with E-state index in [0.717, 1.165) is 18.4 Å². The summed E-state index contributed by atoms with van der Waals surface area (Å²) in [4.78, 5) is 0. The highest BCUT2D eigenvalue weighted by molar-refractivity contribution is 7.48. The number of benzene rings is 1. The van der Waals surface area contributed by atoms with Gasteiger partial charge in [-0.15, -0.1) is 0 Å². The van der Waals surface area contributed by atoms with Crippen molar-refractivity contribution >= 4 is 15.6 Å². The molecule has 1 aromatic carbocycles. The fraction of sp³-hybridized carbons (Fsp3) is 0.727. The molecule has 0 bridgehead atoms. The monoisotopic (exact) mass is 510 g/mol. The summed E-state index contributed by atoms with van der Waals surface area (Å²) in [5, 5.41) is 0. The third-order valence-corrected chi connectivity index (χ3v) is 7.80. The Morgan fingerprint density at radius 3 is 1.55 bits per heavy atom. The first kappa shape index (κ1) is 30.4. The van der Waals surface area contributed by atoms with Crippen LogP contribution in [0.1, 0.15) is 46.1 Å². The molecule has 0 spiro atoms. The van der Waals surface area contributed by atoms with Crippen molar-refractivity contribution in [3.8, 4) is 0 Å². The average molecular weight is 511 g/mol. The van der Waals surface area contributed by atoms with Gasteiger partial charge in [0.1, 0.15) is 6.10 Å². The molecule has 0 fully saturated rings. The number of rotatable bonds is 19. The molecule has 0 aliphatic carbocycles. The molecule has 0 aliphatic heterocycles. The van der Waals surface area contributed by atoms with Crippen molar-refractivity contribution in [1.82, 2.24) is 0 Å². The van der Waals surface area contributed by atoms with E-state index in [1.54, 1.807) is 0 Å². The molecule has 0 aliphatic rings. The van der Waals surface area contributed by atoms with Gasteiger partial charge in [-0.3, -0.25) is 27.1 Å². The minimum absolute atomic E-state index is 0.173. The molecular formula is C22H40O9P2. The SMILES string of the molecule is CCC(C)COP(=O)(OC)OCC(COP(=O)(OC)OCC(C)CC)OCc1ccccc1. The Labute approximate surface area is 198 Å². The molecule has 9 nitrogen and oxygen atoms in total. The summed E-state index contributed by atoms with van der Waals surface area (Å²) in [6.07, 6.45) is 0.990. The Bertz CT molecular complexity index is 692. The summed E-state index contributed by atoms with van der Waals surface area (Å²) in [6.45, 7) is 8.33. The first-order valence-electron chi connectivity index (χ1n) is 11.2. The van der Waals surface area contributed by atoms with E-state index in [9.17, 15) is 9.13 Å². The molecule has 0 radical (unpaired) electrons. The molecule has 0 heterocycles. The van der Waals surface area contributed by atoms with Gasteiger partial charge in [0.25, 0.3) is 0 Å². The van der Waals surface area contributed by atoms with Crippen molar-refractivity contribution in [2.75, 3.05) is 40.6 Å². The second kappa shape index (κ2) is 16.1. The largest absolute Gasteiger partial charge is 0.474 e. The fourth-order valence-corrected chi connectivity index (χ4v) is 4.38. The van der Waals surface area contributed by atoms with Gasteiger partial charge >= 0.3 is 15.6 Å². The zero-order valence-electron chi connectivity index (χ0n) is 20.6. The molecule has 0 saturated carbocycles. The molecular weight excluding hydrogens is 470 g/mol. The van der Waals surface area contributed by atoms with Crippen molar-refractivity contribution in [1.29, 1.82) is 0 Å². The van der Waals surface area contributed by atoms with E-state index in [1.807, 2.05) is 58.0 Å². The standard InChI is InChI=1S/C22H40O9P2/c1-7-19(3)14-28-32(23,25-5)30-17-22(27-16-21-12-10-9-11-13-21)18-31-33(24,26-6)29-15-20(4)8-2/h9-13,19-20,22H,7-8,14-18H2,1-6H3. The summed E-state index contributed by atoms with van der Waals surface area (Å²) >= 11 is 0. The minimum atomic E-state index is -3.79. The second-order valence-corrected chi connectivity index (χ2v) is 11.4. The maximum absolute atomic E-state index is 12.8. The zero-order chi connectivity index (χ0) is 24.7. The Kier molecular flexibility index (Phi) is 14.9. The summed E-state index contributed by atoms with van der Waals surface area (Å²) in [6, 6.07) is 9.50. The first-order chi connectivity index (χ1) is 15.7. The van der Waals surface area contributed by atoms with Gasteiger partial charge in [0.05, 0.1) is 33.0 Å². The van der Waals surface area contributed by atoms with Crippen molar-refractivity contribution in [3.05, 3.63) is 35.9 Å². The molecule has 33 heavy (non-hydrogen) atoms. The topological polar surface area (TPSA) is 98.8 Å². The Balaban J connectivity index is 2.78. The highest BCUT2D eigenvalue weighted by Crippen LogP contribution is 2.50. The van der Waals surface area contributed by atoms with Gasteiger partial charge in [-0.2, -0.15) is 0 Å². The van der Waals surface area contributed by atoms with Crippen LogP contribution < -0.4 is 0 Å². The van der Waals surface area contributed by atoms with E-state index in [0.29, 0.717) is 0 Å². The van der Waals surface area contributed by atoms with Crippen LogP contribution in [0.25, 0.3) is 0 Å². The van der Waals surface area contributed by atoms with Gasteiger partial charge in [-0.25, -0.2) is 9.13 Å². The van der Waals surface area contributed by atoms with Crippen LogP contribution in [0.15, 0.2) is 30.3 Å². The third kappa shape index (κ3) is 12.6. The second-order valence-electron chi connectivity index (χ2n) is 7.89. The van der Waals surface area contributed by atoms with Crippen molar-refractivity contribution in [2.24, 2.45) is 11.8 Å². The van der Waals surface area contributed by atoms with Gasteiger partial charge in [-0.1, -0.05) is 70.9 Å². The Hall–Kier alpha value is -0.600. The van der Waals surface area contributed by atoms with E-state index in [2.05, 4.69) is 0 Å². The summed E-state index contributed by atoms with van der Waals surface area (Å²) < 4.78 is 63.2. The van der Waals surface area contributed by atoms with E-state index < -0.39 is 21.7 Å². The van der Waals surface area contributed by atoms with Crippen LogP contribution in [0.4, 0.5) is 0 Å². The van der Waals surface area contributed by atoms with E-state index >= 15 is 0 Å². The maximum Gasteiger partial charge on any atom is 0.474 e. The van der Waals surface area contributed by atoms with Crippen LogP contribution in [0.3, 0.4) is 0 Å². The summed E-state index contributed by atoms with van der Waals surface area (Å²) in [5.41, 5.74) is 0.924. The molecule has 0 aromatic heterocycles. The average Bonchev–Trinajstić information content (AvgIpc) is 2.85. The number of hydrogen-bond acceptors (Lipinski definition) is 9. The van der Waals surface area contributed by atoms with Crippen LogP contribution in [0, 0.1) is 11.8 Å². The molecule has 1 rings (SSSR count). The van der Waals surface area contributed by atoms with Crippen LogP contribution in [0.5, 0.6) is 0 Å². The fourth-order valence-electron chi connectivity index (χ4n) is 2.24. The lowest BCUT2D eigenvalue weighted by atomic mass is 10.1. The minimum Gasteiger partial charge on any atom is -0.369 e. The number of phosphoric ester groups is 2. The molecule has 0 saturated heterocycles. The predicted molar refractivity (Wildman–Crippen MR) is 127 cm³/mol. The van der Waals surface area contributed by atoms with Gasteiger partial charge in [0, 0.05) is 14.2 Å². The molecule has 4 atom stereocenters. The lowest BCUT2D eigenvalue weighted by Crippen LogP contribution is -2.26. The van der Waals surface area contributed by atoms with E-state index in [-0.39, 0.29) is 44.9 Å². The Morgan fingerprint density at radius 2 is 1.15 bits per heavy atom. The molecule has 192 valence electrons. The van der Waals surface area contributed by atoms with Crippen molar-refractivity contribution in [2.45, 2.75) is 53.2 Å². The molecule has 0 N–H and O–H groups in total. The molecule has 4 unspecified atom stereocenters. The quantitative estimate of drug-likeness (QED) is 0.200. The predicted octanol–water partition coefficient (Wildman–Crippen LogP) is 6.24. The van der Waals surface area contributed by atoms with Gasteiger partial charge in [0.2, 0.25) is 0 Å². The smallest absolute Gasteiger partial charge is 0.369 e. The van der Waals surface area contributed by atoms with Crippen LogP contribution in [-0.2, 0) is 47.6 Å². The van der Waals surface area contributed by atoms with Crippen LogP contribution in [0.2, 0.25) is 0 Å². The number of ether oxygens (including phenoxy) is 1. The maximum atomic E-state index is 12.8. The van der Waals surface area contributed by atoms with E-state index in [4.69, 9.17) is 31.9 Å². The van der Waals surface area contributed by atoms with Crippen LogP contribution in [-0.4, -0.2) is 46.8 Å². The van der Waals surface area contributed by atoms with Gasteiger partial charge < -0.3 is 4.74 Å². The van der Waals surface area contributed by atoms with Crippen LogP contribution >= 0.6 is 15.6 Å². The van der Waals surface area contributed by atoms with E-state index in [1.165, 1.54) is 14.2 Å². The normalized spacial score (nSPS) is 18.2. The van der Waals surface area contributed by atoms with Crippen molar-refractivity contribution in [3.63, 3.8) is 0 Å².